The van der Waals surface area contributed by atoms with Crippen molar-refractivity contribution in [1.82, 2.24) is 15.0 Å². The summed E-state index contributed by atoms with van der Waals surface area (Å²) in [7, 11) is 0. The summed E-state index contributed by atoms with van der Waals surface area (Å²) in [6, 6.07) is 3.95. The lowest BCUT2D eigenvalue weighted by atomic mass is 9.63. The lowest BCUT2D eigenvalue weighted by Gasteiger charge is -2.46. The highest BCUT2D eigenvalue weighted by molar-refractivity contribution is 5.85. The molecule has 7 heteroatoms. The largest absolute Gasteiger partial charge is 0.432 e. The third-order valence-electron chi connectivity index (χ3n) is 6.93. The summed E-state index contributed by atoms with van der Waals surface area (Å²) in [5.41, 5.74) is 11.0. The van der Waals surface area contributed by atoms with Gasteiger partial charge in [0.15, 0.2) is 11.4 Å². The molecule has 0 bridgehead atoms. The van der Waals surface area contributed by atoms with Crippen molar-refractivity contribution >= 4 is 22.5 Å². The zero-order valence-corrected chi connectivity index (χ0v) is 18.6. The van der Waals surface area contributed by atoms with E-state index in [9.17, 15) is 0 Å². The summed E-state index contributed by atoms with van der Waals surface area (Å²) < 4.78 is 6.30. The average molecular weight is 419 g/mol. The Morgan fingerprint density at radius 1 is 1.29 bits per heavy atom. The first-order chi connectivity index (χ1) is 14.8. The van der Waals surface area contributed by atoms with E-state index in [2.05, 4.69) is 48.0 Å². The number of hydrogen-bond acceptors (Lipinski definition) is 7. The number of rotatable bonds is 4. The van der Waals surface area contributed by atoms with Crippen LogP contribution in [-0.4, -0.2) is 20.6 Å². The Kier molecular flexibility index (Phi) is 4.62. The molecule has 162 valence electrons. The first kappa shape index (κ1) is 20.1. The molecule has 1 aliphatic carbocycles. The van der Waals surface area contributed by atoms with Crippen LogP contribution in [0.4, 0.5) is 5.82 Å². The summed E-state index contributed by atoms with van der Waals surface area (Å²) in [6.07, 6.45) is 8.35. The average Bonchev–Trinajstić information content (AvgIpc) is 3.10. The van der Waals surface area contributed by atoms with Crippen LogP contribution in [0.5, 0.6) is 0 Å². The van der Waals surface area contributed by atoms with E-state index in [1.165, 1.54) is 5.57 Å². The first-order valence-corrected chi connectivity index (χ1v) is 11.1. The van der Waals surface area contributed by atoms with Gasteiger partial charge >= 0.3 is 0 Å². The molecule has 31 heavy (non-hydrogen) atoms. The maximum atomic E-state index is 6.95. The number of anilines is 1. The molecular formula is C24H30N6O. The van der Waals surface area contributed by atoms with Crippen LogP contribution in [0.15, 0.2) is 40.3 Å². The van der Waals surface area contributed by atoms with Crippen LogP contribution in [0, 0.1) is 17.3 Å². The third kappa shape index (κ3) is 3.31. The van der Waals surface area contributed by atoms with Gasteiger partial charge in [-0.1, -0.05) is 33.8 Å². The van der Waals surface area contributed by atoms with Gasteiger partial charge in [0.25, 0.3) is 0 Å². The standard InChI is InChI=1S/C24H30N6O/c1-14(2)24(25)17-7-8-23(3,4)10-16(17)18-19-20(31-22(18)30-24)21(29-13-28-19)27-12-15-6-5-9-26-11-15/h5-6,9,11,13-14,17H,7-8,10,12,25H2,1-4H3,(H,27,28,29). The summed E-state index contributed by atoms with van der Waals surface area (Å²) in [5.74, 6) is 1.07. The van der Waals surface area contributed by atoms with Gasteiger partial charge in [-0.05, 0) is 47.8 Å². The molecule has 0 spiro atoms. The Labute approximate surface area is 181 Å². The van der Waals surface area contributed by atoms with Crippen molar-refractivity contribution in [1.29, 1.82) is 0 Å². The van der Waals surface area contributed by atoms with Crippen LogP contribution in [0.2, 0.25) is 0 Å². The lowest BCUT2D eigenvalue weighted by molar-refractivity contribution is 0.166. The highest BCUT2D eigenvalue weighted by Crippen LogP contribution is 2.48. The molecule has 3 aromatic rings. The highest BCUT2D eigenvalue weighted by atomic mass is 16.3. The van der Waals surface area contributed by atoms with E-state index in [0.717, 1.165) is 35.6 Å². The Balaban J connectivity index is 1.69. The maximum Gasteiger partial charge on any atom is 0.226 e. The Hall–Kier alpha value is -2.80. The van der Waals surface area contributed by atoms with Gasteiger partial charge in [0, 0.05) is 24.9 Å². The fraction of sp³-hybridized carbons (Fsp3) is 0.500. The fourth-order valence-electron chi connectivity index (χ4n) is 5.07. The molecule has 5 rings (SSSR count). The van der Waals surface area contributed by atoms with Crippen molar-refractivity contribution in [3.63, 3.8) is 0 Å². The number of hydrogen-bond donors (Lipinski definition) is 2. The molecule has 7 nitrogen and oxygen atoms in total. The predicted molar refractivity (Wildman–Crippen MR) is 120 cm³/mol. The molecule has 0 amide bonds. The molecular weight excluding hydrogens is 388 g/mol. The zero-order valence-electron chi connectivity index (χ0n) is 18.6. The van der Waals surface area contributed by atoms with Crippen LogP contribution in [0.3, 0.4) is 0 Å². The Morgan fingerprint density at radius 3 is 2.87 bits per heavy atom. The van der Waals surface area contributed by atoms with Gasteiger partial charge in [-0.15, -0.1) is 0 Å². The van der Waals surface area contributed by atoms with Gasteiger partial charge < -0.3 is 15.5 Å². The van der Waals surface area contributed by atoms with Crippen molar-refractivity contribution in [2.45, 2.75) is 59.2 Å². The summed E-state index contributed by atoms with van der Waals surface area (Å²) in [4.78, 5) is 18.2. The zero-order chi connectivity index (χ0) is 21.8. The van der Waals surface area contributed by atoms with Crippen molar-refractivity contribution < 1.29 is 4.42 Å². The number of nitrogens with two attached hydrogens (primary N) is 1. The van der Waals surface area contributed by atoms with Crippen LogP contribution in [0.1, 0.15) is 52.5 Å². The molecule has 1 aliphatic heterocycles. The maximum absolute atomic E-state index is 6.95. The molecule has 1 fully saturated rings. The fourth-order valence-corrected chi connectivity index (χ4v) is 5.07. The van der Waals surface area contributed by atoms with Gasteiger partial charge in [-0.2, -0.15) is 0 Å². The summed E-state index contributed by atoms with van der Waals surface area (Å²) >= 11 is 0. The molecule has 0 radical (unpaired) electrons. The quantitative estimate of drug-likeness (QED) is 0.675. The van der Waals surface area contributed by atoms with E-state index in [0.29, 0.717) is 23.5 Å². The Bertz CT molecular complexity index is 1250. The monoisotopic (exact) mass is 418 g/mol. The smallest absolute Gasteiger partial charge is 0.226 e. The second-order valence-corrected chi connectivity index (χ2v) is 10.0. The van der Waals surface area contributed by atoms with Gasteiger partial charge in [0.05, 0.1) is 5.22 Å². The second-order valence-electron chi connectivity index (χ2n) is 10.0. The molecule has 4 heterocycles. The molecule has 2 atom stereocenters. The number of nitrogens with zero attached hydrogens (tertiary/aromatic N) is 4. The van der Waals surface area contributed by atoms with Crippen LogP contribution >= 0.6 is 0 Å². The molecule has 3 N–H and O–H groups in total. The number of pyridine rings is 1. The highest BCUT2D eigenvalue weighted by Gasteiger charge is 2.47. The van der Waals surface area contributed by atoms with Gasteiger partial charge in [0.1, 0.15) is 17.5 Å². The first-order valence-electron chi connectivity index (χ1n) is 11.1. The van der Waals surface area contributed by atoms with Gasteiger partial charge in [-0.3, -0.25) is 4.98 Å². The van der Waals surface area contributed by atoms with E-state index < -0.39 is 5.66 Å². The van der Waals surface area contributed by atoms with E-state index in [-0.39, 0.29) is 17.3 Å². The van der Waals surface area contributed by atoms with Crippen LogP contribution in [0.25, 0.3) is 16.7 Å². The van der Waals surface area contributed by atoms with E-state index >= 15 is 0 Å². The van der Waals surface area contributed by atoms with Crippen LogP contribution < -0.4 is 21.8 Å². The van der Waals surface area contributed by atoms with Crippen molar-refractivity contribution in [3.05, 3.63) is 47.2 Å². The van der Waals surface area contributed by atoms with Crippen molar-refractivity contribution in [2.75, 3.05) is 5.32 Å². The molecule has 2 aliphatic rings. The number of furan rings is 1. The minimum absolute atomic E-state index is 0.198. The van der Waals surface area contributed by atoms with E-state index in [1.54, 1.807) is 12.5 Å². The molecule has 3 aromatic heterocycles. The normalized spacial score (nSPS) is 24.6. The molecule has 2 unspecified atom stereocenters. The third-order valence-corrected chi connectivity index (χ3v) is 6.93. The minimum Gasteiger partial charge on any atom is -0.432 e. The lowest BCUT2D eigenvalue weighted by Crippen LogP contribution is -2.57. The number of fused-ring (bicyclic) bond motifs is 4. The van der Waals surface area contributed by atoms with Gasteiger partial charge in [0.2, 0.25) is 5.55 Å². The molecule has 0 aromatic carbocycles. The topological polar surface area (TPSA) is 102 Å². The van der Waals surface area contributed by atoms with Crippen molar-refractivity contribution in [2.24, 2.45) is 28.0 Å². The van der Waals surface area contributed by atoms with Crippen molar-refractivity contribution in [3.8, 4) is 0 Å². The van der Waals surface area contributed by atoms with Crippen LogP contribution in [-0.2, 0) is 6.54 Å². The molecule has 1 saturated carbocycles. The Morgan fingerprint density at radius 2 is 2.13 bits per heavy atom. The molecule has 0 saturated heterocycles. The summed E-state index contributed by atoms with van der Waals surface area (Å²) in [5, 5.41) is 4.41. The number of nitrogens with one attached hydrogen (secondary N) is 1. The SMILES string of the molecule is CC(C)C1(N)N=c2oc3c(NCc4cccnc4)ncnc3c2=C2CC(C)(C)CCC21. The van der Waals surface area contributed by atoms with E-state index in [1.807, 2.05) is 18.3 Å². The number of aromatic nitrogens is 3. The minimum atomic E-state index is -0.663. The van der Waals surface area contributed by atoms with E-state index in [4.69, 9.17) is 15.1 Å². The second kappa shape index (κ2) is 7.12. The summed E-state index contributed by atoms with van der Waals surface area (Å²) in [6.45, 7) is 9.55. The van der Waals surface area contributed by atoms with Gasteiger partial charge in [-0.25, -0.2) is 15.0 Å². The predicted octanol–water partition coefficient (Wildman–Crippen LogP) is 3.15.